The van der Waals surface area contributed by atoms with Gasteiger partial charge in [0.15, 0.2) is 0 Å². The molecule has 122 valence electrons. The van der Waals surface area contributed by atoms with E-state index in [0.717, 1.165) is 15.7 Å². The van der Waals surface area contributed by atoms with Gasteiger partial charge in [0.2, 0.25) is 0 Å². The van der Waals surface area contributed by atoms with Gasteiger partial charge in [-0.1, -0.05) is 48.2 Å². The van der Waals surface area contributed by atoms with Crippen LogP contribution in [0, 0.1) is 0 Å². The highest BCUT2D eigenvalue weighted by Crippen LogP contribution is 2.46. The van der Waals surface area contributed by atoms with Crippen LogP contribution in [0.2, 0.25) is 0 Å². The SMILES string of the molecule is O=C(O)CSc1n[nH]c(Br)c1-c1ccc(C2CC2)c2ccccc12. The van der Waals surface area contributed by atoms with Crippen LogP contribution in [0.1, 0.15) is 24.3 Å². The lowest BCUT2D eigenvalue weighted by molar-refractivity contribution is -0.133. The van der Waals surface area contributed by atoms with Gasteiger partial charge in [0.25, 0.3) is 0 Å². The number of aromatic amines is 1. The van der Waals surface area contributed by atoms with E-state index in [1.165, 1.54) is 40.9 Å². The number of carboxylic acids is 1. The van der Waals surface area contributed by atoms with E-state index in [9.17, 15) is 4.79 Å². The third-order valence-electron chi connectivity index (χ3n) is 4.27. The Kier molecular flexibility index (Phi) is 4.10. The van der Waals surface area contributed by atoms with Crippen molar-refractivity contribution >= 4 is 44.4 Å². The predicted octanol–water partition coefficient (Wildman–Crippen LogP) is 5.05. The molecule has 1 aliphatic rings. The number of benzene rings is 2. The van der Waals surface area contributed by atoms with Gasteiger partial charge in [-0.25, -0.2) is 0 Å². The first-order chi connectivity index (χ1) is 11.6. The summed E-state index contributed by atoms with van der Waals surface area (Å²) in [5, 5.41) is 19.3. The summed E-state index contributed by atoms with van der Waals surface area (Å²) in [6.45, 7) is 0. The monoisotopic (exact) mass is 402 g/mol. The highest BCUT2D eigenvalue weighted by atomic mass is 79.9. The van der Waals surface area contributed by atoms with Crippen LogP contribution in [0.4, 0.5) is 0 Å². The Morgan fingerprint density at radius 1 is 1.25 bits per heavy atom. The van der Waals surface area contributed by atoms with Gasteiger partial charge in [-0.2, -0.15) is 5.10 Å². The zero-order valence-corrected chi connectivity index (χ0v) is 15.2. The lowest BCUT2D eigenvalue weighted by Gasteiger charge is -2.11. The van der Waals surface area contributed by atoms with Crippen LogP contribution in [-0.4, -0.2) is 27.0 Å². The molecule has 6 heteroatoms. The van der Waals surface area contributed by atoms with Gasteiger partial charge in [0, 0.05) is 5.56 Å². The molecular formula is C18H15BrN2O2S. The van der Waals surface area contributed by atoms with E-state index in [1.807, 2.05) is 6.07 Å². The van der Waals surface area contributed by atoms with Crippen LogP contribution < -0.4 is 0 Å². The van der Waals surface area contributed by atoms with Crippen molar-refractivity contribution in [2.45, 2.75) is 23.8 Å². The molecule has 1 heterocycles. The molecule has 0 unspecified atom stereocenters. The van der Waals surface area contributed by atoms with E-state index in [2.05, 4.69) is 56.5 Å². The Morgan fingerprint density at radius 2 is 2.00 bits per heavy atom. The van der Waals surface area contributed by atoms with Crippen LogP contribution in [0.3, 0.4) is 0 Å². The minimum Gasteiger partial charge on any atom is -0.481 e. The second-order valence-corrected chi connectivity index (χ2v) is 7.68. The average Bonchev–Trinajstić information content (AvgIpc) is 3.35. The summed E-state index contributed by atoms with van der Waals surface area (Å²) in [5.74, 6) is -0.181. The van der Waals surface area contributed by atoms with Crippen LogP contribution in [0.5, 0.6) is 0 Å². The number of aromatic nitrogens is 2. The first-order valence-electron chi connectivity index (χ1n) is 7.75. The highest BCUT2D eigenvalue weighted by Gasteiger charge is 2.26. The van der Waals surface area contributed by atoms with E-state index in [-0.39, 0.29) is 5.75 Å². The topological polar surface area (TPSA) is 66.0 Å². The van der Waals surface area contributed by atoms with Crippen molar-refractivity contribution in [3.05, 3.63) is 46.6 Å². The molecule has 0 aliphatic heterocycles. The van der Waals surface area contributed by atoms with Gasteiger partial charge in [-0.3, -0.25) is 9.89 Å². The lowest BCUT2D eigenvalue weighted by Crippen LogP contribution is -1.98. The van der Waals surface area contributed by atoms with Gasteiger partial charge in [0.05, 0.1) is 5.75 Å². The van der Waals surface area contributed by atoms with Crippen LogP contribution in [-0.2, 0) is 4.79 Å². The Labute approximate surface area is 151 Å². The van der Waals surface area contributed by atoms with Crippen molar-refractivity contribution in [1.82, 2.24) is 10.2 Å². The molecule has 3 aromatic rings. The normalized spacial score (nSPS) is 14.2. The van der Waals surface area contributed by atoms with E-state index >= 15 is 0 Å². The van der Waals surface area contributed by atoms with Crippen molar-refractivity contribution in [2.75, 3.05) is 5.75 Å². The molecule has 1 aliphatic carbocycles. The second kappa shape index (κ2) is 6.26. The molecule has 0 amide bonds. The van der Waals surface area contributed by atoms with Crippen molar-refractivity contribution in [3.8, 4) is 11.1 Å². The number of nitrogens with one attached hydrogen (secondary N) is 1. The summed E-state index contributed by atoms with van der Waals surface area (Å²) < 4.78 is 0.778. The van der Waals surface area contributed by atoms with Gasteiger partial charge in [-0.15, -0.1) is 0 Å². The fraction of sp³-hybridized carbons (Fsp3) is 0.222. The van der Waals surface area contributed by atoms with Gasteiger partial charge >= 0.3 is 5.97 Å². The summed E-state index contributed by atoms with van der Waals surface area (Å²) in [5.41, 5.74) is 3.41. The number of aliphatic carboxylic acids is 1. The standard InChI is InChI=1S/C18H15BrN2O2S/c19-17-16(18(21-20-17)24-9-15(22)23)14-8-7-11(10-5-6-10)12-3-1-2-4-13(12)14/h1-4,7-8,10H,5-6,9H2,(H,20,21)(H,22,23). The van der Waals surface area contributed by atoms with Crippen molar-refractivity contribution in [1.29, 1.82) is 0 Å². The van der Waals surface area contributed by atoms with Gasteiger partial charge in [-0.05, 0) is 56.6 Å². The average molecular weight is 403 g/mol. The maximum atomic E-state index is 10.9. The molecule has 2 N–H and O–H groups in total. The van der Waals surface area contributed by atoms with Crippen LogP contribution in [0.15, 0.2) is 46.0 Å². The number of hydrogen-bond acceptors (Lipinski definition) is 3. The van der Waals surface area contributed by atoms with Crippen molar-refractivity contribution in [2.24, 2.45) is 0 Å². The molecule has 0 atom stereocenters. The Balaban J connectivity index is 1.87. The molecule has 0 saturated heterocycles. The molecule has 0 bridgehead atoms. The summed E-state index contributed by atoms with van der Waals surface area (Å²) in [4.78, 5) is 10.9. The number of hydrogen-bond donors (Lipinski definition) is 2. The first kappa shape index (κ1) is 15.7. The maximum absolute atomic E-state index is 10.9. The van der Waals surface area contributed by atoms with Gasteiger partial charge in [0.1, 0.15) is 9.63 Å². The quantitative estimate of drug-likeness (QED) is 0.586. The van der Waals surface area contributed by atoms with Crippen LogP contribution >= 0.6 is 27.7 Å². The Morgan fingerprint density at radius 3 is 2.71 bits per heavy atom. The summed E-state index contributed by atoms with van der Waals surface area (Å²) in [6.07, 6.45) is 2.52. The number of rotatable bonds is 5. The van der Waals surface area contributed by atoms with E-state index in [1.54, 1.807) is 0 Å². The fourth-order valence-corrected chi connectivity index (χ4v) is 4.41. The minimum absolute atomic E-state index is 0.0115. The second-order valence-electron chi connectivity index (χ2n) is 5.92. The van der Waals surface area contributed by atoms with Crippen LogP contribution in [0.25, 0.3) is 21.9 Å². The zero-order valence-electron chi connectivity index (χ0n) is 12.8. The summed E-state index contributed by atoms with van der Waals surface area (Å²) >= 11 is 4.76. The molecule has 1 fully saturated rings. The number of fused-ring (bicyclic) bond motifs is 1. The zero-order chi connectivity index (χ0) is 16.7. The van der Waals surface area contributed by atoms with Gasteiger partial charge < -0.3 is 5.11 Å². The third-order valence-corrected chi connectivity index (χ3v) is 5.80. The molecule has 4 rings (SSSR count). The summed E-state index contributed by atoms with van der Waals surface area (Å²) in [7, 11) is 0. The van der Waals surface area contributed by atoms with Crippen molar-refractivity contribution < 1.29 is 9.90 Å². The lowest BCUT2D eigenvalue weighted by atomic mass is 9.94. The molecule has 0 radical (unpaired) electrons. The van der Waals surface area contributed by atoms with Crippen molar-refractivity contribution in [3.63, 3.8) is 0 Å². The minimum atomic E-state index is -0.848. The smallest absolute Gasteiger partial charge is 0.313 e. The van der Waals surface area contributed by atoms with E-state index in [0.29, 0.717) is 10.9 Å². The van der Waals surface area contributed by atoms with E-state index in [4.69, 9.17) is 5.11 Å². The number of thioether (sulfide) groups is 1. The highest BCUT2D eigenvalue weighted by molar-refractivity contribution is 9.10. The van der Waals surface area contributed by atoms with E-state index < -0.39 is 5.97 Å². The number of nitrogens with zero attached hydrogens (tertiary/aromatic N) is 1. The maximum Gasteiger partial charge on any atom is 0.313 e. The molecular weight excluding hydrogens is 388 g/mol. The fourth-order valence-electron chi connectivity index (χ4n) is 3.06. The molecule has 0 spiro atoms. The largest absolute Gasteiger partial charge is 0.481 e. The number of carbonyl (C=O) groups is 1. The molecule has 4 nitrogen and oxygen atoms in total. The number of H-pyrrole nitrogens is 1. The first-order valence-corrected chi connectivity index (χ1v) is 9.53. The molecule has 24 heavy (non-hydrogen) atoms. The Hall–Kier alpha value is -1.79. The number of halogens is 1. The molecule has 1 saturated carbocycles. The molecule has 1 aromatic heterocycles. The summed E-state index contributed by atoms with van der Waals surface area (Å²) in [6, 6.07) is 12.8. The predicted molar refractivity (Wildman–Crippen MR) is 99.6 cm³/mol. The molecule has 2 aromatic carbocycles. The third kappa shape index (κ3) is 2.84. The Bertz CT molecular complexity index is 934. The number of carboxylic acid groups (broad SMARTS) is 1.